The lowest BCUT2D eigenvalue weighted by Crippen LogP contribution is -1.96. The molecule has 1 unspecified atom stereocenters. The predicted octanol–water partition coefficient (Wildman–Crippen LogP) is 3.40. The van der Waals surface area contributed by atoms with E-state index >= 15 is 0 Å². The van der Waals surface area contributed by atoms with Crippen LogP contribution in [0.5, 0.6) is 0 Å². The number of aromatic nitrogens is 1. The Morgan fingerprint density at radius 3 is 3.00 bits per heavy atom. The second-order valence-corrected chi connectivity index (χ2v) is 4.84. The Morgan fingerprint density at radius 1 is 1.62 bits per heavy atom. The summed E-state index contributed by atoms with van der Waals surface area (Å²) in [6.45, 7) is 2.07. The number of thiazole rings is 1. The molecule has 68 valence electrons. The molecule has 1 aliphatic carbocycles. The Bertz CT molecular complexity index is 365. The largest absolute Gasteiger partial charge is 0.244 e. The molecule has 0 spiro atoms. The van der Waals surface area contributed by atoms with E-state index in [1.807, 2.05) is 12.3 Å². The Kier molecular flexibility index (Phi) is 2.51. The minimum absolute atomic E-state index is 0.157. The van der Waals surface area contributed by atoms with E-state index in [4.69, 9.17) is 11.6 Å². The van der Waals surface area contributed by atoms with Crippen molar-refractivity contribution in [3.63, 3.8) is 0 Å². The molecule has 1 aromatic rings. The standard InChI is InChI=1S/C10H10ClNS/c1-7-6-12-10(13-7)8-2-4-9(11)5-3-8/h2-4,6,9H,5H2,1H3. The molecule has 0 fully saturated rings. The maximum absolute atomic E-state index is 5.93. The van der Waals surface area contributed by atoms with Crippen molar-refractivity contribution in [2.75, 3.05) is 0 Å². The van der Waals surface area contributed by atoms with Crippen LogP contribution in [0.4, 0.5) is 0 Å². The van der Waals surface area contributed by atoms with Gasteiger partial charge in [-0.05, 0) is 13.3 Å². The molecule has 0 aliphatic heterocycles. The summed E-state index contributed by atoms with van der Waals surface area (Å²) in [5.41, 5.74) is 1.20. The Balaban J connectivity index is 2.24. The van der Waals surface area contributed by atoms with Gasteiger partial charge in [0.2, 0.25) is 0 Å². The van der Waals surface area contributed by atoms with Gasteiger partial charge in [0.1, 0.15) is 5.01 Å². The molecule has 1 aromatic heterocycles. The van der Waals surface area contributed by atoms with Crippen LogP contribution in [0.25, 0.3) is 5.57 Å². The van der Waals surface area contributed by atoms with Gasteiger partial charge in [-0.3, -0.25) is 0 Å². The van der Waals surface area contributed by atoms with Crippen molar-refractivity contribution in [2.24, 2.45) is 0 Å². The first-order valence-electron chi connectivity index (χ1n) is 4.21. The highest BCUT2D eigenvalue weighted by molar-refractivity contribution is 7.12. The molecule has 1 heterocycles. The first-order valence-corrected chi connectivity index (χ1v) is 5.46. The molecule has 1 atom stereocenters. The smallest absolute Gasteiger partial charge is 0.123 e. The molecule has 0 bridgehead atoms. The molecule has 0 radical (unpaired) electrons. The van der Waals surface area contributed by atoms with E-state index in [0.29, 0.717) is 0 Å². The van der Waals surface area contributed by atoms with Crippen molar-refractivity contribution >= 4 is 28.5 Å². The maximum Gasteiger partial charge on any atom is 0.123 e. The summed E-state index contributed by atoms with van der Waals surface area (Å²) in [5, 5.41) is 1.25. The second kappa shape index (κ2) is 3.64. The summed E-state index contributed by atoms with van der Waals surface area (Å²) in [4.78, 5) is 5.57. The van der Waals surface area contributed by atoms with Gasteiger partial charge in [0.05, 0.1) is 5.38 Å². The van der Waals surface area contributed by atoms with Crippen molar-refractivity contribution in [1.82, 2.24) is 4.98 Å². The van der Waals surface area contributed by atoms with Crippen LogP contribution < -0.4 is 0 Å². The third-order valence-corrected chi connectivity index (χ3v) is 3.20. The van der Waals surface area contributed by atoms with E-state index in [2.05, 4.69) is 24.1 Å². The molecule has 2 rings (SSSR count). The summed E-state index contributed by atoms with van der Waals surface area (Å²) in [6.07, 6.45) is 9.04. The lowest BCUT2D eigenvalue weighted by atomic mass is 10.1. The fourth-order valence-electron chi connectivity index (χ4n) is 1.24. The zero-order chi connectivity index (χ0) is 9.26. The summed E-state index contributed by atoms with van der Waals surface area (Å²) < 4.78 is 0. The average molecular weight is 212 g/mol. The summed E-state index contributed by atoms with van der Waals surface area (Å²) >= 11 is 7.65. The molecule has 1 nitrogen and oxygen atoms in total. The van der Waals surface area contributed by atoms with Crippen LogP contribution in [0.1, 0.15) is 16.3 Å². The van der Waals surface area contributed by atoms with E-state index < -0.39 is 0 Å². The van der Waals surface area contributed by atoms with Crippen LogP contribution in [-0.4, -0.2) is 10.4 Å². The summed E-state index contributed by atoms with van der Waals surface area (Å²) in [5.74, 6) is 0. The molecular weight excluding hydrogens is 202 g/mol. The third-order valence-electron chi connectivity index (χ3n) is 1.92. The minimum Gasteiger partial charge on any atom is -0.244 e. The van der Waals surface area contributed by atoms with Gasteiger partial charge in [-0.1, -0.05) is 18.2 Å². The van der Waals surface area contributed by atoms with Crippen LogP contribution >= 0.6 is 22.9 Å². The van der Waals surface area contributed by atoms with Crippen LogP contribution in [0.15, 0.2) is 24.4 Å². The van der Waals surface area contributed by atoms with Crippen LogP contribution in [-0.2, 0) is 0 Å². The second-order valence-electron chi connectivity index (χ2n) is 3.05. The molecule has 0 saturated heterocycles. The quantitative estimate of drug-likeness (QED) is 0.649. The lowest BCUT2D eigenvalue weighted by Gasteiger charge is -2.07. The highest BCUT2D eigenvalue weighted by Crippen LogP contribution is 2.26. The Hall–Kier alpha value is -0.600. The number of alkyl halides is 1. The van der Waals surface area contributed by atoms with Crippen LogP contribution in [0.3, 0.4) is 0 Å². The Morgan fingerprint density at radius 2 is 2.46 bits per heavy atom. The minimum atomic E-state index is 0.157. The van der Waals surface area contributed by atoms with E-state index in [1.165, 1.54) is 10.5 Å². The van der Waals surface area contributed by atoms with Gasteiger partial charge in [-0.25, -0.2) is 4.98 Å². The number of rotatable bonds is 1. The molecule has 0 amide bonds. The van der Waals surface area contributed by atoms with Gasteiger partial charge in [-0.2, -0.15) is 0 Å². The van der Waals surface area contributed by atoms with Gasteiger partial charge < -0.3 is 0 Å². The zero-order valence-electron chi connectivity index (χ0n) is 7.33. The molecular formula is C10H10ClNS. The van der Waals surface area contributed by atoms with Gasteiger partial charge >= 0.3 is 0 Å². The van der Waals surface area contributed by atoms with E-state index in [1.54, 1.807) is 11.3 Å². The van der Waals surface area contributed by atoms with E-state index in [0.717, 1.165) is 11.4 Å². The van der Waals surface area contributed by atoms with Crippen molar-refractivity contribution in [2.45, 2.75) is 18.7 Å². The van der Waals surface area contributed by atoms with Crippen molar-refractivity contribution in [3.05, 3.63) is 34.3 Å². The molecule has 0 N–H and O–H groups in total. The first kappa shape index (κ1) is 8.97. The van der Waals surface area contributed by atoms with Crippen LogP contribution in [0, 0.1) is 6.92 Å². The average Bonchev–Trinajstić information content (AvgIpc) is 2.53. The van der Waals surface area contributed by atoms with E-state index in [9.17, 15) is 0 Å². The SMILES string of the molecule is Cc1cnc(C2=CCC(Cl)C=C2)s1. The van der Waals surface area contributed by atoms with Crippen LogP contribution in [0.2, 0.25) is 0 Å². The fraction of sp³-hybridized carbons (Fsp3) is 0.300. The molecule has 0 aromatic carbocycles. The third kappa shape index (κ3) is 2.01. The normalized spacial score (nSPS) is 21.7. The Labute approximate surface area is 86.8 Å². The maximum atomic E-state index is 5.93. The fourth-order valence-corrected chi connectivity index (χ4v) is 2.19. The van der Waals surface area contributed by atoms with Crippen molar-refractivity contribution in [1.29, 1.82) is 0 Å². The van der Waals surface area contributed by atoms with Gasteiger partial charge in [0.25, 0.3) is 0 Å². The number of hydrogen-bond acceptors (Lipinski definition) is 2. The first-order chi connectivity index (χ1) is 6.25. The number of nitrogens with zero attached hydrogens (tertiary/aromatic N) is 1. The highest BCUT2D eigenvalue weighted by Gasteiger charge is 2.08. The van der Waals surface area contributed by atoms with Crippen molar-refractivity contribution in [3.8, 4) is 0 Å². The molecule has 0 saturated carbocycles. The predicted molar refractivity (Wildman–Crippen MR) is 58.2 cm³/mol. The highest BCUT2D eigenvalue weighted by atomic mass is 35.5. The summed E-state index contributed by atoms with van der Waals surface area (Å²) in [6, 6.07) is 0. The molecule has 3 heteroatoms. The number of allylic oxidation sites excluding steroid dienone is 4. The number of hydrogen-bond donors (Lipinski definition) is 0. The molecule has 13 heavy (non-hydrogen) atoms. The number of aryl methyl sites for hydroxylation is 1. The van der Waals surface area contributed by atoms with Gasteiger partial charge in [0.15, 0.2) is 0 Å². The van der Waals surface area contributed by atoms with Gasteiger partial charge in [-0.15, -0.1) is 22.9 Å². The molecule has 1 aliphatic rings. The van der Waals surface area contributed by atoms with E-state index in [-0.39, 0.29) is 5.38 Å². The van der Waals surface area contributed by atoms with Crippen molar-refractivity contribution < 1.29 is 0 Å². The lowest BCUT2D eigenvalue weighted by molar-refractivity contribution is 1.05. The number of halogens is 1. The van der Waals surface area contributed by atoms with Gasteiger partial charge in [0, 0.05) is 16.6 Å². The zero-order valence-corrected chi connectivity index (χ0v) is 8.90. The monoisotopic (exact) mass is 211 g/mol. The summed E-state index contributed by atoms with van der Waals surface area (Å²) in [7, 11) is 0. The topological polar surface area (TPSA) is 12.9 Å².